The van der Waals surface area contributed by atoms with Gasteiger partial charge in [0.1, 0.15) is 0 Å². The van der Waals surface area contributed by atoms with Gasteiger partial charge in [-0.3, -0.25) is 9.48 Å². The van der Waals surface area contributed by atoms with Gasteiger partial charge in [-0.25, -0.2) is 13.1 Å². The fourth-order valence-corrected chi connectivity index (χ4v) is 4.90. The second-order valence-electron chi connectivity index (χ2n) is 7.85. The van der Waals surface area contributed by atoms with E-state index in [0.29, 0.717) is 5.69 Å². The molecule has 170 valence electrons. The molecule has 31 heavy (non-hydrogen) atoms. The summed E-state index contributed by atoms with van der Waals surface area (Å²) in [4.78, 5) is 14.8. The van der Waals surface area contributed by atoms with E-state index in [1.54, 1.807) is 29.2 Å². The van der Waals surface area contributed by atoms with Gasteiger partial charge in [-0.2, -0.15) is 5.10 Å². The molecule has 0 radical (unpaired) electrons. The number of nitrogens with one attached hydrogen (secondary N) is 2. The Bertz CT molecular complexity index is 983. The summed E-state index contributed by atoms with van der Waals surface area (Å²) in [5, 5.41) is 7.04. The standard InChI is InChI=1S/C22H33N5O3S/c1-3-26(4-2)13-14-27-17-20(16-23-27)25-22(28)11-12-24-31(29,30)21-10-9-18-7-5-6-8-19(18)15-21/h9-10,15-17,24H,3-8,11-14H2,1-2H3,(H,25,28). The van der Waals surface area contributed by atoms with Crippen LogP contribution in [0, 0.1) is 0 Å². The Balaban J connectivity index is 1.46. The van der Waals surface area contributed by atoms with Gasteiger partial charge in [0, 0.05) is 25.7 Å². The number of likely N-dealkylation sites (N-methyl/N-ethyl adjacent to an activating group) is 1. The first kappa shape index (κ1) is 23.4. The third-order valence-corrected chi connectivity index (χ3v) is 7.19. The van der Waals surface area contributed by atoms with E-state index in [2.05, 4.69) is 33.9 Å². The molecular weight excluding hydrogens is 414 g/mol. The Labute approximate surface area is 185 Å². The van der Waals surface area contributed by atoms with Gasteiger partial charge in [0.05, 0.1) is 23.3 Å². The zero-order valence-corrected chi connectivity index (χ0v) is 19.2. The van der Waals surface area contributed by atoms with Crippen molar-refractivity contribution in [3.05, 3.63) is 41.7 Å². The molecule has 1 aliphatic rings. The van der Waals surface area contributed by atoms with Gasteiger partial charge in [-0.15, -0.1) is 0 Å². The van der Waals surface area contributed by atoms with Crippen molar-refractivity contribution in [2.24, 2.45) is 0 Å². The summed E-state index contributed by atoms with van der Waals surface area (Å²) in [5.41, 5.74) is 2.97. The number of amides is 1. The molecule has 1 aromatic carbocycles. The first-order chi connectivity index (χ1) is 14.9. The molecule has 1 aromatic heterocycles. The van der Waals surface area contributed by atoms with Crippen LogP contribution in [0.5, 0.6) is 0 Å². The molecule has 1 amide bonds. The van der Waals surface area contributed by atoms with Crippen molar-refractivity contribution < 1.29 is 13.2 Å². The predicted molar refractivity (Wildman–Crippen MR) is 122 cm³/mol. The Kier molecular flexibility index (Phi) is 8.22. The zero-order valence-electron chi connectivity index (χ0n) is 18.4. The van der Waals surface area contributed by atoms with Crippen LogP contribution in [0.3, 0.4) is 0 Å². The highest BCUT2D eigenvalue weighted by molar-refractivity contribution is 7.89. The number of hydrogen-bond donors (Lipinski definition) is 2. The Morgan fingerprint density at radius 2 is 1.90 bits per heavy atom. The van der Waals surface area contributed by atoms with Gasteiger partial charge in [0.25, 0.3) is 0 Å². The summed E-state index contributed by atoms with van der Waals surface area (Å²) in [6, 6.07) is 5.33. The highest BCUT2D eigenvalue weighted by Gasteiger charge is 2.18. The maximum Gasteiger partial charge on any atom is 0.240 e. The number of sulfonamides is 1. The number of hydrogen-bond acceptors (Lipinski definition) is 5. The molecule has 0 unspecified atom stereocenters. The Hall–Kier alpha value is -2.23. The van der Waals surface area contributed by atoms with Gasteiger partial charge < -0.3 is 10.2 Å². The number of benzene rings is 1. The van der Waals surface area contributed by atoms with E-state index in [9.17, 15) is 13.2 Å². The lowest BCUT2D eigenvalue weighted by molar-refractivity contribution is -0.116. The minimum atomic E-state index is -3.63. The first-order valence-electron chi connectivity index (χ1n) is 11.1. The number of fused-ring (bicyclic) bond motifs is 1. The lowest BCUT2D eigenvalue weighted by Gasteiger charge is -2.17. The zero-order chi connectivity index (χ0) is 22.3. The van der Waals surface area contributed by atoms with E-state index in [1.165, 1.54) is 5.56 Å². The van der Waals surface area contributed by atoms with Crippen molar-refractivity contribution in [3.8, 4) is 0 Å². The average Bonchev–Trinajstić information content (AvgIpc) is 3.21. The van der Waals surface area contributed by atoms with Crippen LogP contribution in [0.4, 0.5) is 5.69 Å². The number of carbonyl (C=O) groups excluding carboxylic acids is 1. The largest absolute Gasteiger partial charge is 0.323 e. The van der Waals surface area contributed by atoms with E-state index < -0.39 is 10.0 Å². The molecule has 8 nitrogen and oxygen atoms in total. The van der Waals surface area contributed by atoms with Crippen LogP contribution < -0.4 is 10.0 Å². The van der Waals surface area contributed by atoms with Crippen molar-refractivity contribution >= 4 is 21.6 Å². The molecule has 0 bridgehead atoms. The van der Waals surface area contributed by atoms with E-state index in [4.69, 9.17) is 0 Å². The maximum absolute atomic E-state index is 12.6. The summed E-state index contributed by atoms with van der Waals surface area (Å²) in [6.07, 6.45) is 7.63. The molecule has 3 rings (SSSR count). The fraction of sp³-hybridized carbons (Fsp3) is 0.545. The quantitative estimate of drug-likeness (QED) is 0.551. The van der Waals surface area contributed by atoms with E-state index in [1.807, 2.05) is 6.07 Å². The lowest BCUT2D eigenvalue weighted by Crippen LogP contribution is -2.28. The van der Waals surface area contributed by atoms with E-state index in [-0.39, 0.29) is 23.8 Å². The highest BCUT2D eigenvalue weighted by Crippen LogP contribution is 2.24. The Morgan fingerprint density at radius 3 is 2.65 bits per heavy atom. The second-order valence-corrected chi connectivity index (χ2v) is 9.62. The molecule has 0 aliphatic heterocycles. The van der Waals surface area contributed by atoms with Crippen LogP contribution in [0.25, 0.3) is 0 Å². The number of carbonyl (C=O) groups is 1. The van der Waals surface area contributed by atoms with Crippen molar-refractivity contribution in [2.75, 3.05) is 31.5 Å². The Morgan fingerprint density at radius 1 is 1.16 bits per heavy atom. The van der Waals surface area contributed by atoms with Crippen LogP contribution in [0.2, 0.25) is 0 Å². The molecule has 0 atom stereocenters. The predicted octanol–water partition coefficient (Wildman–Crippen LogP) is 2.41. The normalized spacial score (nSPS) is 13.9. The van der Waals surface area contributed by atoms with Crippen LogP contribution in [0.15, 0.2) is 35.5 Å². The van der Waals surface area contributed by atoms with Crippen molar-refractivity contribution in [1.29, 1.82) is 0 Å². The molecule has 0 saturated carbocycles. The summed E-state index contributed by atoms with van der Waals surface area (Å²) in [6.45, 7) is 7.91. The topological polar surface area (TPSA) is 96.3 Å². The van der Waals surface area contributed by atoms with Crippen LogP contribution >= 0.6 is 0 Å². The summed E-state index contributed by atoms with van der Waals surface area (Å²) in [5.74, 6) is -0.253. The molecule has 2 N–H and O–H groups in total. The summed E-state index contributed by atoms with van der Waals surface area (Å²) >= 11 is 0. The second kappa shape index (κ2) is 10.9. The fourth-order valence-electron chi connectivity index (χ4n) is 3.82. The van der Waals surface area contributed by atoms with Crippen molar-refractivity contribution in [2.45, 2.75) is 57.4 Å². The molecular formula is C22H33N5O3S. The van der Waals surface area contributed by atoms with E-state index in [0.717, 1.165) is 57.4 Å². The van der Waals surface area contributed by atoms with Gasteiger partial charge in [-0.1, -0.05) is 19.9 Å². The minimum Gasteiger partial charge on any atom is -0.323 e. The minimum absolute atomic E-state index is 0.0430. The molecule has 1 aliphatic carbocycles. The highest BCUT2D eigenvalue weighted by atomic mass is 32.2. The number of aromatic nitrogens is 2. The van der Waals surface area contributed by atoms with Crippen LogP contribution in [0.1, 0.15) is 44.2 Å². The first-order valence-corrected chi connectivity index (χ1v) is 12.6. The lowest BCUT2D eigenvalue weighted by atomic mass is 9.92. The molecule has 0 spiro atoms. The molecule has 2 aromatic rings. The number of nitrogens with zero attached hydrogens (tertiary/aromatic N) is 3. The van der Waals surface area contributed by atoms with Crippen molar-refractivity contribution in [1.82, 2.24) is 19.4 Å². The molecule has 9 heteroatoms. The third kappa shape index (κ3) is 6.62. The number of aryl methyl sites for hydroxylation is 2. The van der Waals surface area contributed by atoms with Crippen LogP contribution in [-0.2, 0) is 34.2 Å². The number of anilines is 1. The smallest absolute Gasteiger partial charge is 0.240 e. The van der Waals surface area contributed by atoms with Crippen LogP contribution in [-0.4, -0.2) is 55.2 Å². The molecule has 0 fully saturated rings. The molecule has 1 heterocycles. The maximum atomic E-state index is 12.6. The summed E-state index contributed by atoms with van der Waals surface area (Å²) < 4.78 is 29.5. The number of rotatable bonds is 11. The SMILES string of the molecule is CCN(CC)CCn1cc(NC(=O)CCNS(=O)(=O)c2ccc3c(c2)CCCC3)cn1. The van der Waals surface area contributed by atoms with Gasteiger partial charge in [-0.05, 0) is 62.0 Å². The molecule has 0 saturated heterocycles. The summed E-state index contributed by atoms with van der Waals surface area (Å²) in [7, 11) is -3.63. The van der Waals surface area contributed by atoms with Gasteiger partial charge in [0.15, 0.2) is 0 Å². The van der Waals surface area contributed by atoms with Crippen molar-refractivity contribution in [3.63, 3.8) is 0 Å². The monoisotopic (exact) mass is 447 g/mol. The average molecular weight is 448 g/mol. The van der Waals surface area contributed by atoms with Gasteiger partial charge in [0.2, 0.25) is 15.9 Å². The third-order valence-electron chi connectivity index (χ3n) is 5.73. The van der Waals surface area contributed by atoms with Gasteiger partial charge >= 0.3 is 0 Å². The van der Waals surface area contributed by atoms with E-state index >= 15 is 0 Å².